The summed E-state index contributed by atoms with van der Waals surface area (Å²) in [7, 11) is 0. The van der Waals surface area contributed by atoms with Crippen LogP contribution in [0.3, 0.4) is 0 Å². The highest BCUT2D eigenvalue weighted by molar-refractivity contribution is 6.30. The fourth-order valence-corrected chi connectivity index (χ4v) is 4.86. The minimum Gasteiger partial charge on any atom is -0.484 e. The predicted octanol–water partition coefficient (Wildman–Crippen LogP) is 3.48. The van der Waals surface area contributed by atoms with Crippen LogP contribution in [-0.2, 0) is 4.79 Å². The van der Waals surface area contributed by atoms with E-state index in [1.54, 1.807) is 0 Å². The van der Waals surface area contributed by atoms with Gasteiger partial charge in [0.05, 0.1) is 11.2 Å². The molecule has 0 radical (unpaired) electrons. The van der Waals surface area contributed by atoms with Crippen molar-refractivity contribution in [3.63, 3.8) is 0 Å². The molecular weight excluding hydrogens is 413 g/mol. The number of fused-ring (bicyclic) bond motifs is 3. The van der Waals surface area contributed by atoms with E-state index in [0.717, 1.165) is 38.2 Å². The Morgan fingerprint density at radius 1 is 1.27 bits per heavy atom. The molecule has 1 heterocycles. The number of nitrogens with one attached hydrogen (secondary N) is 2. The summed E-state index contributed by atoms with van der Waals surface area (Å²) in [6, 6.07) is 5.60. The fraction of sp³-hybridized carbons (Fsp3) is 0.476. The Kier molecular flexibility index (Phi) is 5.44. The van der Waals surface area contributed by atoms with E-state index < -0.39 is 5.82 Å². The summed E-state index contributed by atoms with van der Waals surface area (Å²) >= 11 is 5.66. The molecule has 1 aromatic carbocycles. The predicted molar refractivity (Wildman–Crippen MR) is 107 cm³/mol. The van der Waals surface area contributed by atoms with Crippen molar-refractivity contribution in [3.8, 4) is 5.75 Å². The van der Waals surface area contributed by atoms with Crippen molar-refractivity contribution in [3.05, 3.63) is 47.1 Å². The van der Waals surface area contributed by atoms with Crippen molar-refractivity contribution in [2.75, 3.05) is 6.61 Å². The van der Waals surface area contributed by atoms with Gasteiger partial charge in [0.2, 0.25) is 5.76 Å². The lowest BCUT2D eigenvalue weighted by Gasteiger charge is -2.57. The van der Waals surface area contributed by atoms with E-state index in [0.29, 0.717) is 0 Å². The molecule has 3 aliphatic carbocycles. The van der Waals surface area contributed by atoms with Gasteiger partial charge in [-0.15, -0.1) is 0 Å². The van der Waals surface area contributed by atoms with Crippen molar-refractivity contribution >= 4 is 23.4 Å². The van der Waals surface area contributed by atoms with Crippen LogP contribution in [-0.4, -0.2) is 34.7 Å². The average molecular weight is 436 g/mol. The maximum absolute atomic E-state index is 13.5. The summed E-state index contributed by atoms with van der Waals surface area (Å²) in [4.78, 5) is 24.9. The molecule has 2 aromatic rings. The molecule has 2 N–H and O–H groups in total. The number of amides is 2. The number of hydrogen-bond donors (Lipinski definition) is 2. The molecular formula is C21H23ClFN3O4. The number of rotatable bonds is 6. The van der Waals surface area contributed by atoms with Gasteiger partial charge in [-0.25, -0.2) is 4.39 Å². The van der Waals surface area contributed by atoms with Crippen LogP contribution in [0.25, 0.3) is 0 Å². The van der Waals surface area contributed by atoms with Crippen LogP contribution in [0.15, 0.2) is 35.0 Å². The van der Waals surface area contributed by atoms with Crippen LogP contribution in [0.5, 0.6) is 5.75 Å². The van der Waals surface area contributed by atoms with E-state index in [1.165, 1.54) is 24.4 Å². The van der Waals surface area contributed by atoms with Gasteiger partial charge in [-0.1, -0.05) is 23.7 Å². The molecule has 3 aliphatic rings. The summed E-state index contributed by atoms with van der Waals surface area (Å²) in [5.41, 5.74) is -0.627. The topological polar surface area (TPSA) is 93.5 Å². The highest BCUT2D eigenvalue weighted by Crippen LogP contribution is 2.50. The third-order valence-electron chi connectivity index (χ3n) is 6.43. The van der Waals surface area contributed by atoms with Crippen LogP contribution >= 0.6 is 11.6 Å². The Bertz CT molecular complexity index is 942. The zero-order chi connectivity index (χ0) is 21.4. The van der Waals surface area contributed by atoms with Crippen LogP contribution < -0.4 is 15.4 Å². The number of nitrogens with zero attached hydrogens (tertiary/aromatic N) is 1. The second kappa shape index (κ2) is 7.91. The first-order valence-corrected chi connectivity index (χ1v) is 10.3. The number of carbonyl (C=O) groups is 2. The van der Waals surface area contributed by atoms with Crippen molar-refractivity contribution in [1.82, 2.24) is 15.8 Å². The molecule has 0 saturated heterocycles. The number of halogens is 2. The zero-order valence-electron chi connectivity index (χ0n) is 16.5. The zero-order valence-corrected chi connectivity index (χ0v) is 17.3. The number of benzene rings is 1. The molecule has 2 bridgehead atoms. The molecule has 5 rings (SSSR count). The van der Waals surface area contributed by atoms with E-state index in [1.807, 2.05) is 0 Å². The molecule has 160 valence electrons. The Morgan fingerprint density at radius 2 is 2.03 bits per heavy atom. The van der Waals surface area contributed by atoms with Gasteiger partial charge in [0.25, 0.3) is 11.8 Å². The molecule has 9 heteroatoms. The molecule has 1 atom stereocenters. The largest absolute Gasteiger partial charge is 0.484 e. The lowest BCUT2D eigenvalue weighted by molar-refractivity contribution is -0.128. The van der Waals surface area contributed by atoms with E-state index in [-0.39, 0.29) is 51.9 Å². The summed E-state index contributed by atoms with van der Waals surface area (Å²) in [6.07, 6.45) is 5.24. The Hall–Kier alpha value is -2.61. The van der Waals surface area contributed by atoms with Crippen molar-refractivity contribution in [2.24, 2.45) is 5.92 Å². The second-order valence-corrected chi connectivity index (χ2v) is 8.69. The van der Waals surface area contributed by atoms with Crippen LogP contribution in [0.2, 0.25) is 5.02 Å². The molecule has 3 fully saturated rings. The van der Waals surface area contributed by atoms with Gasteiger partial charge in [0, 0.05) is 23.2 Å². The van der Waals surface area contributed by atoms with E-state index >= 15 is 0 Å². The highest BCUT2D eigenvalue weighted by atomic mass is 35.5. The van der Waals surface area contributed by atoms with Gasteiger partial charge in [-0.2, -0.15) is 0 Å². The van der Waals surface area contributed by atoms with E-state index in [9.17, 15) is 14.0 Å². The lowest BCUT2D eigenvalue weighted by Crippen LogP contribution is -2.67. The quantitative estimate of drug-likeness (QED) is 0.724. The van der Waals surface area contributed by atoms with Crippen molar-refractivity contribution < 1.29 is 23.2 Å². The standard InChI is InChI=1S/C21H23ClFN3O4/c1-13-11-20(26-19(28)17-4-9-24-30-17)5-7-21(13,8-6-20)25-18(27)12-29-14-2-3-15(22)16(23)10-14/h2-4,9-10,13H,5-8,11-12H2,1H3,(H,25,27)(H,26,28). The number of ether oxygens (including phenoxy) is 1. The first-order chi connectivity index (χ1) is 14.3. The number of aromatic nitrogens is 1. The smallest absolute Gasteiger partial charge is 0.290 e. The van der Waals surface area contributed by atoms with Gasteiger partial charge in [0.1, 0.15) is 11.6 Å². The molecule has 1 unspecified atom stereocenters. The SMILES string of the molecule is CC1CC2(NC(=O)c3ccno3)CCC1(NC(=O)COc1ccc(Cl)c(F)c1)CC2. The summed E-state index contributed by atoms with van der Waals surface area (Å²) < 4.78 is 23.9. The maximum Gasteiger partial charge on any atom is 0.290 e. The Morgan fingerprint density at radius 3 is 2.67 bits per heavy atom. The molecule has 3 saturated carbocycles. The maximum atomic E-state index is 13.5. The average Bonchev–Trinajstić information content (AvgIpc) is 3.25. The normalized spacial score (nSPS) is 27.5. The first-order valence-electron chi connectivity index (χ1n) is 9.93. The van der Waals surface area contributed by atoms with Gasteiger partial charge < -0.3 is 19.9 Å². The molecule has 0 aliphatic heterocycles. The number of carbonyl (C=O) groups excluding carboxylic acids is 2. The van der Waals surface area contributed by atoms with E-state index in [2.05, 4.69) is 22.7 Å². The Balaban J connectivity index is 1.34. The van der Waals surface area contributed by atoms with Gasteiger partial charge in [0.15, 0.2) is 6.61 Å². The van der Waals surface area contributed by atoms with Crippen LogP contribution in [0.4, 0.5) is 4.39 Å². The second-order valence-electron chi connectivity index (χ2n) is 8.29. The monoisotopic (exact) mass is 435 g/mol. The first kappa shape index (κ1) is 20.7. The third kappa shape index (κ3) is 4.01. The molecule has 7 nitrogen and oxygen atoms in total. The minimum absolute atomic E-state index is 0.00260. The highest BCUT2D eigenvalue weighted by Gasteiger charge is 2.54. The minimum atomic E-state index is -0.593. The van der Waals surface area contributed by atoms with Gasteiger partial charge in [-0.3, -0.25) is 9.59 Å². The van der Waals surface area contributed by atoms with Crippen LogP contribution in [0.1, 0.15) is 49.6 Å². The molecule has 1 aromatic heterocycles. The molecule has 30 heavy (non-hydrogen) atoms. The van der Waals surface area contributed by atoms with Crippen molar-refractivity contribution in [2.45, 2.75) is 50.1 Å². The lowest BCUT2D eigenvalue weighted by atomic mass is 9.56. The van der Waals surface area contributed by atoms with Gasteiger partial charge >= 0.3 is 0 Å². The van der Waals surface area contributed by atoms with E-state index in [4.69, 9.17) is 20.9 Å². The third-order valence-corrected chi connectivity index (χ3v) is 6.74. The summed E-state index contributed by atoms with van der Waals surface area (Å²) in [5, 5.41) is 9.84. The fourth-order valence-electron chi connectivity index (χ4n) is 4.74. The summed E-state index contributed by atoms with van der Waals surface area (Å²) in [5.74, 6) is -0.487. The summed E-state index contributed by atoms with van der Waals surface area (Å²) in [6.45, 7) is 1.88. The van der Waals surface area contributed by atoms with Crippen molar-refractivity contribution in [1.29, 1.82) is 0 Å². The molecule has 0 spiro atoms. The number of hydrogen-bond acceptors (Lipinski definition) is 5. The molecule has 2 amide bonds. The Labute approximate surface area is 178 Å². The van der Waals surface area contributed by atoms with Crippen LogP contribution in [0, 0.1) is 11.7 Å². The van der Waals surface area contributed by atoms with Gasteiger partial charge in [-0.05, 0) is 50.2 Å².